The smallest absolute Gasteiger partial charge is 0.396 e. The first-order chi connectivity index (χ1) is 6.93. The summed E-state index contributed by atoms with van der Waals surface area (Å²) in [5.74, 6) is -1.59. The minimum atomic E-state index is -0.857. The molecular weight excluding hydrogens is 198 g/mol. The van der Waals surface area contributed by atoms with Crippen molar-refractivity contribution in [3.05, 3.63) is 0 Å². The summed E-state index contributed by atoms with van der Waals surface area (Å²) in [5.41, 5.74) is -0.475. The van der Waals surface area contributed by atoms with Gasteiger partial charge in [-0.15, -0.1) is 0 Å². The van der Waals surface area contributed by atoms with Crippen molar-refractivity contribution in [1.29, 1.82) is 0 Å². The van der Waals surface area contributed by atoms with Crippen LogP contribution in [-0.4, -0.2) is 37.2 Å². The molecule has 0 aromatic heterocycles. The lowest BCUT2D eigenvalue weighted by Crippen LogP contribution is -2.43. The molecule has 1 N–H and O–H groups in total. The van der Waals surface area contributed by atoms with Gasteiger partial charge in [0.05, 0.1) is 12.2 Å². The summed E-state index contributed by atoms with van der Waals surface area (Å²) in [7, 11) is 0. The highest BCUT2D eigenvalue weighted by molar-refractivity contribution is 6.32. The average molecular weight is 217 g/mol. The van der Waals surface area contributed by atoms with E-state index in [0.717, 1.165) is 0 Å². The van der Waals surface area contributed by atoms with Crippen molar-refractivity contribution in [1.82, 2.24) is 5.32 Å². The summed E-state index contributed by atoms with van der Waals surface area (Å²) in [6, 6.07) is 0. The standard InChI is InChI=1S/C10H19NO4/c1-5-14-9(13)8(12)11-7-10(3,4)15-6-2/h5-7H2,1-4H3,(H,11,12). The van der Waals surface area contributed by atoms with Crippen molar-refractivity contribution >= 4 is 11.9 Å². The molecule has 0 unspecified atom stereocenters. The molecular formula is C10H19NO4. The van der Waals surface area contributed by atoms with Crippen LogP contribution in [0.15, 0.2) is 0 Å². The third-order valence-corrected chi connectivity index (χ3v) is 1.67. The summed E-state index contributed by atoms with van der Waals surface area (Å²) >= 11 is 0. The normalized spacial score (nSPS) is 10.9. The van der Waals surface area contributed by atoms with E-state index >= 15 is 0 Å². The van der Waals surface area contributed by atoms with Crippen LogP contribution in [0.2, 0.25) is 0 Å². The van der Waals surface area contributed by atoms with E-state index in [0.29, 0.717) is 6.61 Å². The maximum absolute atomic E-state index is 11.1. The van der Waals surface area contributed by atoms with E-state index in [1.807, 2.05) is 20.8 Å². The maximum atomic E-state index is 11.1. The van der Waals surface area contributed by atoms with Gasteiger partial charge < -0.3 is 14.8 Å². The second kappa shape index (κ2) is 6.40. The SMILES string of the molecule is CCOC(=O)C(=O)NCC(C)(C)OCC. The average Bonchev–Trinajstić information content (AvgIpc) is 2.14. The number of carbonyl (C=O) groups excluding carboxylic acids is 2. The van der Waals surface area contributed by atoms with Gasteiger partial charge in [-0.05, 0) is 27.7 Å². The van der Waals surface area contributed by atoms with Crippen LogP contribution in [0.5, 0.6) is 0 Å². The van der Waals surface area contributed by atoms with Gasteiger partial charge in [-0.25, -0.2) is 4.79 Å². The molecule has 0 spiro atoms. The van der Waals surface area contributed by atoms with Crippen molar-refractivity contribution in [3.63, 3.8) is 0 Å². The van der Waals surface area contributed by atoms with Crippen molar-refractivity contribution in [2.45, 2.75) is 33.3 Å². The molecule has 0 aliphatic rings. The van der Waals surface area contributed by atoms with E-state index in [4.69, 9.17) is 4.74 Å². The van der Waals surface area contributed by atoms with Gasteiger partial charge >= 0.3 is 11.9 Å². The first-order valence-corrected chi connectivity index (χ1v) is 5.02. The number of hydrogen-bond acceptors (Lipinski definition) is 4. The number of ether oxygens (including phenoxy) is 2. The summed E-state index contributed by atoms with van der Waals surface area (Å²) in [4.78, 5) is 22.1. The van der Waals surface area contributed by atoms with Gasteiger partial charge in [-0.1, -0.05) is 0 Å². The van der Waals surface area contributed by atoms with Gasteiger partial charge in [0, 0.05) is 13.2 Å². The predicted octanol–water partition coefficient (Wildman–Crippen LogP) is 0.481. The first-order valence-electron chi connectivity index (χ1n) is 5.02. The Bertz CT molecular complexity index is 225. The molecule has 0 saturated carbocycles. The Morgan fingerprint density at radius 3 is 2.27 bits per heavy atom. The number of nitrogens with one attached hydrogen (secondary N) is 1. The highest BCUT2D eigenvalue weighted by Gasteiger charge is 2.21. The van der Waals surface area contributed by atoms with E-state index in [9.17, 15) is 9.59 Å². The maximum Gasteiger partial charge on any atom is 0.396 e. The van der Waals surface area contributed by atoms with Crippen LogP contribution in [0.1, 0.15) is 27.7 Å². The molecule has 88 valence electrons. The third-order valence-electron chi connectivity index (χ3n) is 1.67. The van der Waals surface area contributed by atoms with E-state index in [-0.39, 0.29) is 13.2 Å². The van der Waals surface area contributed by atoms with Crippen LogP contribution in [-0.2, 0) is 19.1 Å². The number of amides is 1. The second-order valence-corrected chi connectivity index (χ2v) is 3.60. The molecule has 0 rings (SSSR count). The fourth-order valence-electron chi connectivity index (χ4n) is 1.00. The fraction of sp³-hybridized carbons (Fsp3) is 0.800. The Balaban J connectivity index is 3.94. The molecule has 0 aliphatic heterocycles. The zero-order valence-electron chi connectivity index (χ0n) is 9.75. The number of rotatable bonds is 5. The van der Waals surface area contributed by atoms with Gasteiger partial charge in [-0.3, -0.25) is 4.79 Å². The molecule has 5 heteroatoms. The molecule has 0 aromatic rings. The molecule has 5 nitrogen and oxygen atoms in total. The van der Waals surface area contributed by atoms with E-state index < -0.39 is 17.5 Å². The molecule has 0 aromatic carbocycles. The lowest BCUT2D eigenvalue weighted by molar-refractivity contribution is -0.155. The largest absolute Gasteiger partial charge is 0.459 e. The fourth-order valence-corrected chi connectivity index (χ4v) is 1.00. The number of esters is 1. The summed E-state index contributed by atoms with van der Waals surface area (Å²) in [5, 5.41) is 2.45. The topological polar surface area (TPSA) is 64.6 Å². The Kier molecular flexibility index (Phi) is 5.93. The monoisotopic (exact) mass is 217 g/mol. The molecule has 15 heavy (non-hydrogen) atoms. The van der Waals surface area contributed by atoms with Crippen LogP contribution in [0.25, 0.3) is 0 Å². The first kappa shape index (κ1) is 13.9. The Morgan fingerprint density at radius 1 is 1.20 bits per heavy atom. The molecule has 0 fully saturated rings. The van der Waals surface area contributed by atoms with Crippen molar-refractivity contribution in [2.75, 3.05) is 19.8 Å². The highest BCUT2D eigenvalue weighted by Crippen LogP contribution is 2.06. The predicted molar refractivity (Wildman–Crippen MR) is 55.3 cm³/mol. The molecule has 0 bridgehead atoms. The molecule has 0 radical (unpaired) electrons. The van der Waals surface area contributed by atoms with Crippen molar-refractivity contribution in [3.8, 4) is 0 Å². The van der Waals surface area contributed by atoms with Crippen LogP contribution < -0.4 is 5.32 Å². The molecule has 0 atom stereocenters. The Hall–Kier alpha value is -1.10. The summed E-state index contributed by atoms with van der Waals surface area (Å²) < 4.78 is 9.89. The summed E-state index contributed by atoms with van der Waals surface area (Å²) in [6.07, 6.45) is 0. The van der Waals surface area contributed by atoms with Gasteiger partial charge in [0.15, 0.2) is 0 Å². The third kappa shape index (κ3) is 6.06. The second-order valence-electron chi connectivity index (χ2n) is 3.60. The van der Waals surface area contributed by atoms with Crippen LogP contribution >= 0.6 is 0 Å². The lowest BCUT2D eigenvalue weighted by atomic mass is 10.1. The van der Waals surface area contributed by atoms with Crippen LogP contribution in [0, 0.1) is 0 Å². The minimum Gasteiger partial charge on any atom is -0.459 e. The Labute approximate surface area is 90.1 Å². The van der Waals surface area contributed by atoms with Crippen LogP contribution in [0.3, 0.4) is 0 Å². The van der Waals surface area contributed by atoms with Crippen molar-refractivity contribution < 1.29 is 19.1 Å². The number of carbonyl (C=O) groups is 2. The van der Waals surface area contributed by atoms with Gasteiger partial charge in [0.2, 0.25) is 0 Å². The summed E-state index contributed by atoms with van der Waals surface area (Å²) in [6.45, 7) is 8.22. The van der Waals surface area contributed by atoms with Gasteiger partial charge in [0.1, 0.15) is 0 Å². The van der Waals surface area contributed by atoms with E-state index in [1.165, 1.54) is 0 Å². The zero-order chi connectivity index (χ0) is 11.9. The Morgan fingerprint density at radius 2 is 1.80 bits per heavy atom. The quantitative estimate of drug-likeness (QED) is 0.537. The molecule has 0 saturated heterocycles. The highest BCUT2D eigenvalue weighted by atomic mass is 16.5. The lowest BCUT2D eigenvalue weighted by Gasteiger charge is -2.24. The number of hydrogen-bond donors (Lipinski definition) is 1. The van der Waals surface area contributed by atoms with Gasteiger partial charge in [0.25, 0.3) is 0 Å². The van der Waals surface area contributed by atoms with Gasteiger partial charge in [-0.2, -0.15) is 0 Å². The zero-order valence-corrected chi connectivity index (χ0v) is 9.75. The molecule has 1 amide bonds. The van der Waals surface area contributed by atoms with E-state index in [1.54, 1.807) is 6.92 Å². The molecule has 0 aliphatic carbocycles. The molecule has 0 heterocycles. The van der Waals surface area contributed by atoms with Crippen molar-refractivity contribution in [2.24, 2.45) is 0 Å². The minimum absolute atomic E-state index is 0.196. The van der Waals surface area contributed by atoms with E-state index in [2.05, 4.69) is 10.1 Å². The van der Waals surface area contributed by atoms with Crippen LogP contribution in [0.4, 0.5) is 0 Å².